The Balaban J connectivity index is 2.09. The second kappa shape index (κ2) is 8.42. The number of carbonyl (C=O) groups is 1. The Morgan fingerprint density at radius 2 is 1.78 bits per heavy atom. The van der Waals surface area contributed by atoms with Gasteiger partial charge in [-0.1, -0.05) is 0 Å². The molecule has 3 N–H and O–H groups in total. The molecule has 0 bridgehead atoms. The molecule has 0 fully saturated rings. The van der Waals surface area contributed by atoms with Crippen LogP contribution in [-0.2, 0) is 14.8 Å². The molecule has 1 unspecified atom stereocenters. The van der Waals surface area contributed by atoms with Gasteiger partial charge in [-0.2, -0.15) is 5.26 Å². The minimum absolute atomic E-state index is 0.268. The summed E-state index contributed by atoms with van der Waals surface area (Å²) < 4.78 is 30.5. The highest BCUT2D eigenvalue weighted by atomic mass is 32.2. The Morgan fingerprint density at radius 1 is 1.15 bits per heavy atom. The van der Waals surface area contributed by atoms with Crippen molar-refractivity contribution in [1.29, 1.82) is 5.26 Å². The van der Waals surface area contributed by atoms with Crippen LogP contribution in [0.1, 0.15) is 12.5 Å². The Hall–Kier alpha value is -3.25. The molecule has 2 aromatic rings. The molecule has 1 atom stereocenters. The summed E-state index contributed by atoms with van der Waals surface area (Å²) in [5.41, 5.74) is 1.89. The van der Waals surface area contributed by atoms with Crippen LogP contribution in [0, 0.1) is 11.3 Å². The number of anilines is 3. The van der Waals surface area contributed by atoms with Gasteiger partial charge in [0.1, 0.15) is 11.8 Å². The molecule has 1 amide bonds. The lowest BCUT2D eigenvalue weighted by Crippen LogP contribution is -2.31. The standard InChI is InChI=1S/C18H20N4O4S/c1-12(18(23)21-14-6-4-13(11-19)5-7-14)20-15-8-9-17(26-2)16(10-15)22-27(3,24)25/h4-10,12,20,22H,1-3H3,(H,21,23). The topological polar surface area (TPSA) is 120 Å². The van der Waals surface area contributed by atoms with Gasteiger partial charge in [-0.25, -0.2) is 8.42 Å². The van der Waals surface area contributed by atoms with Crippen LogP contribution in [-0.4, -0.2) is 33.7 Å². The summed E-state index contributed by atoms with van der Waals surface area (Å²) in [6, 6.07) is 12.7. The normalized spacial score (nSPS) is 11.8. The maximum Gasteiger partial charge on any atom is 0.246 e. The van der Waals surface area contributed by atoms with E-state index in [1.165, 1.54) is 7.11 Å². The van der Waals surface area contributed by atoms with Crippen molar-refractivity contribution in [1.82, 2.24) is 0 Å². The van der Waals surface area contributed by atoms with Crippen molar-refractivity contribution in [3.63, 3.8) is 0 Å². The molecule has 2 rings (SSSR count). The Bertz CT molecular complexity index is 966. The van der Waals surface area contributed by atoms with Crippen LogP contribution in [0.25, 0.3) is 0 Å². The van der Waals surface area contributed by atoms with E-state index in [0.717, 1.165) is 6.26 Å². The van der Waals surface area contributed by atoms with Crippen LogP contribution in [0.3, 0.4) is 0 Å². The van der Waals surface area contributed by atoms with Gasteiger partial charge in [-0.05, 0) is 49.4 Å². The smallest absolute Gasteiger partial charge is 0.246 e. The SMILES string of the molecule is COc1ccc(NC(C)C(=O)Nc2ccc(C#N)cc2)cc1NS(C)(=O)=O. The number of ether oxygens (including phenoxy) is 1. The quantitative estimate of drug-likeness (QED) is 0.670. The van der Waals surface area contributed by atoms with Crippen molar-refractivity contribution in [2.75, 3.05) is 28.7 Å². The fraction of sp³-hybridized carbons (Fsp3) is 0.222. The van der Waals surface area contributed by atoms with Gasteiger partial charge in [0, 0.05) is 11.4 Å². The van der Waals surface area contributed by atoms with Crippen molar-refractivity contribution in [3.05, 3.63) is 48.0 Å². The predicted octanol–water partition coefficient (Wildman–Crippen LogP) is 2.38. The maximum atomic E-state index is 12.3. The molecular formula is C18H20N4O4S. The third-order valence-electron chi connectivity index (χ3n) is 3.55. The van der Waals surface area contributed by atoms with Crippen molar-refractivity contribution in [2.45, 2.75) is 13.0 Å². The van der Waals surface area contributed by atoms with Gasteiger partial charge in [0.15, 0.2) is 0 Å². The summed E-state index contributed by atoms with van der Waals surface area (Å²) in [4.78, 5) is 12.3. The second-order valence-corrected chi connectivity index (χ2v) is 7.58. The molecule has 0 radical (unpaired) electrons. The average molecular weight is 388 g/mol. The molecule has 0 aliphatic carbocycles. The first-order valence-electron chi connectivity index (χ1n) is 7.95. The number of hydrogen-bond donors (Lipinski definition) is 3. The van der Waals surface area contributed by atoms with E-state index in [2.05, 4.69) is 15.4 Å². The lowest BCUT2D eigenvalue weighted by molar-refractivity contribution is -0.116. The number of nitrogens with zero attached hydrogens (tertiary/aromatic N) is 1. The second-order valence-electron chi connectivity index (χ2n) is 5.83. The molecule has 0 saturated heterocycles. The van der Waals surface area contributed by atoms with Gasteiger partial charge in [-0.15, -0.1) is 0 Å². The molecule has 2 aromatic carbocycles. The summed E-state index contributed by atoms with van der Waals surface area (Å²) in [5.74, 6) is 0.0776. The van der Waals surface area contributed by atoms with E-state index < -0.39 is 16.1 Å². The lowest BCUT2D eigenvalue weighted by atomic mass is 10.2. The fourth-order valence-corrected chi connectivity index (χ4v) is 2.83. The van der Waals surface area contributed by atoms with E-state index in [4.69, 9.17) is 10.00 Å². The van der Waals surface area contributed by atoms with Gasteiger partial charge >= 0.3 is 0 Å². The lowest BCUT2D eigenvalue weighted by Gasteiger charge is -2.17. The van der Waals surface area contributed by atoms with Gasteiger partial charge in [0.05, 0.1) is 30.7 Å². The molecule has 9 heteroatoms. The zero-order chi connectivity index (χ0) is 20.0. The van der Waals surface area contributed by atoms with Gasteiger partial charge in [0.2, 0.25) is 15.9 Å². The third kappa shape index (κ3) is 5.90. The van der Waals surface area contributed by atoms with Crippen molar-refractivity contribution in [2.24, 2.45) is 0 Å². The van der Waals surface area contributed by atoms with Crippen LogP contribution >= 0.6 is 0 Å². The molecule has 0 heterocycles. The molecule has 0 saturated carbocycles. The maximum absolute atomic E-state index is 12.3. The molecule has 0 spiro atoms. The third-order valence-corrected chi connectivity index (χ3v) is 4.14. The predicted molar refractivity (Wildman–Crippen MR) is 104 cm³/mol. The number of rotatable bonds is 7. The number of methoxy groups -OCH3 is 1. The number of sulfonamides is 1. The zero-order valence-electron chi connectivity index (χ0n) is 15.1. The number of carbonyl (C=O) groups excluding carboxylic acids is 1. The molecule has 0 aromatic heterocycles. The Kier molecular flexibility index (Phi) is 6.26. The van der Waals surface area contributed by atoms with Crippen LogP contribution in [0.5, 0.6) is 5.75 Å². The Labute approximate surface area is 158 Å². The average Bonchev–Trinajstić information content (AvgIpc) is 2.61. The highest BCUT2D eigenvalue weighted by Gasteiger charge is 2.15. The van der Waals surface area contributed by atoms with Crippen molar-refractivity contribution < 1.29 is 17.9 Å². The van der Waals surface area contributed by atoms with E-state index in [9.17, 15) is 13.2 Å². The van der Waals surface area contributed by atoms with Crippen molar-refractivity contribution in [3.8, 4) is 11.8 Å². The first kappa shape index (κ1) is 20.1. The van der Waals surface area contributed by atoms with Crippen molar-refractivity contribution >= 4 is 33.0 Å². The van der Waals surface area contributed by atoms with E-state index in [1.807, 2.05) is 6.07 Å². The van der Waals surface area contributed by atoms with Gasteiger partial charge < -0.3 is 15.4 Å². The molecule has 0 aliphatic heterocycles. The fourth-order valence-electron chi connectivity index (χ4n) is 2.27. The number of benzene rings is 2. The van der Waals surface area contributed by atoms with E-state index in [1.54, 1.807) is 49.4 Å². The molecule has 27 heavy (non-hydrogen) atoms. The summed E-state index contributed by atoms with van der Waals surface area (Å²) in [6.45, 7) is 1.67. The highest BCUT2D eigenvalue weighted by Crippen LogP contribution is 2.29. The summed E-state index contributed by atoms with van der Waals surface area (Å²) >= 11 is 0. The minimum atomic E-state index is -3.48. The highest BCUT2D eigenvalue weighted by molar-refractivity contribution is 7.92. The number of hydrogen-bond acceptors (Lipinski definition) is 6. The summed E-state index contributed by atoms with van der Waals surface area (Å²) in [5, 5.41) is 14.5. The van der Waals surface area contributed by atoms with Crippen LogP contribution < -0.4 is 20.1 Å². The molecule has 142 valence electrons. The first-order chi connectivity index (χ1) is 12.7. The van der Waals surface area contributed by atoms with Gasteiger partial charge in [0.25, 0.3) is 0 Å². The van der Waals surface area contributed by atoms with E-state index >= 15 is 0 Å². The molecule has 8 nitrogen and oxygen atoms in total. The monoisotopic (exact) mass is 388 g/mol. The zero-order valence-corrected chi connectivity index (χ0v) is 15.9. The van der Waals surface area contributed by atoms with Crippen LogP contribution in [0.2, 0.25) is 0 Å². The van der Waals surface area contributed by atoms with E-state index in [-0.39, 0.29) is 11.6 Å². The van der Waals surface area contributed by atoms with Crippen LogP contribution in [0.4, 0.5) is 17.1 Å². The van der Waals surface area contributed by atoms with Crippen LogP contribution in [0.15, 0.2) is 42.5 Å². The number of amides is 1. The van der Waals surface area contributed by atoms with E-state index in [0.29, 0.717) is 22.7 Å². The minimum Gasteiger partial charge on any atom is -0.495 e. The molecular weight excluding hydrogens is 368 g/mol. The number of nitriles is 1. The summed E-state index contributed by atoms with van der Waals surface area (Å²) in [7, 11) is -2.04. The largest absolute Gasteiger partial charge is 0.495 e. The Morgan fingerprint density at radius 3 is 2.33 bits per heavy atom. The first-order valence-corrected chi connectivity index (χ1v) is 9.84. The molecule has 0 aliphatic rings. The summed E-state index contributed by atoms with van der Waals surface area (Å²) in [6.07, 6.45) is 1.04. The van der Waals surface area contributed by atoms with Gasteiger partial charge in [-0.3, -0.25) is 9.52 Å². The number of nitrogens with one attached hydrogen (secondary N) is 3.